The van der Waals surface area contributed by atoms with Crippen molar-refractivity contribution in [3.63, 3.8) is 0 Å². The van der Waals surface area contributed by atoms with Crippen molar-refractivity contribution in [2.24, 2.45) is 0 Å². The third kappa shape index (κ3) is 2.58. The van der Waals surface area contributed by atoms with E-state index in [4.69, 9.17) is 11.5 Å². The van der Waals surface area contributed by atoms with Gasteiger partial charge in [0.15, 0.2) is 0 Å². The minimum atomic E-state index is 0.644. The van der Waals surface area contributed by atoms with Crippen LogP contribution < -0.4 is 11.5 Å². The molecule has 0 aromatic heterocycles. The van der Waals surface area contributed by atoms with Crippen molar-refractivity contribution in [2.75, 3.05) is 11.5 Å². The summed E-state index contributed by atoms with van der Waals surface area (Å²) in [5.41, 5.74) is 18.9. The quantitative estimate of drug-likeness (QED) is 0.215. The maximum absolute atomic E-state index is 6.50. The second kappa shape index (κ2) is 6.43. The Hall–Kier alpha value is -3.78. The molecule has 0 spiro atoms. The number of hydrogen-bond acceptors (Lipinski definition) is 2. The molecule has 5 aromatic rings. The van der Waals surface area contributed by atoms with Crippen molar-refractivity contribution >= 4 is 32.9 Å². The fourth-order valence-electron chi connectivity index (χ4n) is 3.91. The number of rotatable bonds is 2. The van der Waals surface area contributed by atoms with Crippen LogP contribution in [0.3, 0.4) is 0 Å². The predicted molar refractivity (Wildman–Crippen MR) is 121 cm³/mol. The Morgan fingerprint density at radius 1 is 0.357 bits per heavy atom. The first-order chi connectivity index (χ1) is 13.7. The number of hydrogen-bond donors (Lipinski definition) is 2. The van der Waals surface area contributed by atoms with Gasteiger partial charge >= 0.3 is 0 Å². The van der Waals surface area contributed by atoms with E-state index in [2.05, 4.69) is 60.7 Å². The molecule has 0 bridgehead atoms. The molecule has 0 aliphatic rings. The van der Waals surface area contributed by atoms with Gasteiger partial charge in [-0.15, -0.1) is 0 Å². The minimum Gasteiger partial charge on any atom is -0.397 e. The van der Waals surface area contributed by atoms with E-state index in [1.807, 2.05) is 36.4 Å². The van der Waals surface area contributed by atoms with E-state index in [-0.39, 0.29) is 0 Å². The highest BCUT2D eigenvalue weighted by Gasteiger charge is 2.12. The molecule has 0 aliphatic carbocycles. The molecular weight excluding hydrogens is 340 g/mol. The maximum atomic E-state index is 6.50. The average molecular weight is 360 g/mol. The maximum Gasteiger partial charge on any atom is 0.0634 e. The molecule has 0 radical (unpaired) electrons. The van der Waals surface area contributed by atoms with Gasteiger partial charge in [-0.1, -0.05) is 84.9 Å². The molecule has 5 aromatic carbocycles. The molecular formula is C26H20N2. The normalized spacial score (nSPS) is 11.1. The smallest absolute Gasteiger partial charge is 0.0634 e. The summed E-state index contributed by atoms with van der Waals surface area (Å²) in [6, 6.07) is 33.5. The summed E-state index contributed by atoms with van der Waals surface area (Å²) in [6.07, 6.45) is 0. The molecule has 5 rings (SSSR count). The summed E-state index contributed by atoms with van der Waals surface area (Å²) in [7, 11) is 0. The van der Waals surface area contributed by atoms with E-state index in [9.17, 15) is 0 Å². The van der Waals surface area contributed by atoms with Crippen LogP contribution in [-0.2, 0) is 0 Å². The predicted octanol–water partition coefficient (Wildman–Crippen LogP) is 6.49. The molecule has 2 heteroatoms. The summed E-state index contributed by atoms with van der Waals surface area (Å²) in [5, 5.41) is 4.25. The van der Waals surface area contributed by atoms with Gasteiger partial charge in [0.2, 0.25) is 0 Å². The van der Waals surface area contributed by atoms with Gasteiger partial charge in [0.25, 0.3) is 0 Å². The number of anilines is 2. The Morgan fingerprint density at radius 3 is 1.14 bits per heavy atom. The highest BCUT2D eigenvalue weighted by molar-refractivity contribution is 6.20. The molecule has 0 heterocycles. The zero-order chi connectivity index (χ0) is 19.1. The van der Waals surface area contributed by atoms with Gasteiger partial charge in [0.05, 0.1) is 11.4 Å². The van der Waals surface area contributed by atoms with Crippen molar-refractivity contribution in [1.29, 1.82) is 0 Å². The summed E-state index contributed by atoms with van der Waals surface area (Å²) in [4.78, 5) is 0. The van der Waals surface area contributed by atoms with E-state index in [0.717, 1.165) is 32.7 Å². The van der Waals surface area contributed by atoms with Crippen LogP contribution in [0, 0.1) is 0 Å². The molecule has 0 saturated heterocycles. The van der Waals surface area contributed by atoms with Crippen molar-refractivity contribution in [3.8, 4) is 22.3 Å². The molecule has 28 heavy (non-hydrogen) atoms. The van der Waals surface area contributed by atoms with Crippen LogP contribution in [0.2, 0.25) is 0 Å². The van der Waals surface area contributed by atoms with Gasteiger partial charge in [0, 0.05) is 10.8 Å². The van der Waals surface area contributed by atoms with Crippen LogP contribution in [0.4, 0.5) is 11.4 Å². The monoisotopic (exact) mass is 360 g/mol. The van der Waals surface area contributed by atoms with Crippen LogP contribution in [0.1, 0.15) is 0 Å². The van der Waals surface area contributed by atoms with Crippen molar-refractivity contribution in [1.82, 2.24) is 0 Å². The Labute approximate surface area is 164 Å². The molecule has 4 N–H and O–H groups in total. The average Bonchev–Trinajstić information content (AvgIpc) is 2.78. The van der Waals surface area contributed by atoms with E-state index >= 15 is 0 Å². The molecule has 0 amide bonds. The summed E-state index contributed by atoms with van der Waals surface area (Å²) in [5.74, 6) is 0. The number of nitrogen functional groups attached to an aromatic ring is 2. The van der Waals surface area contributed by atoms with Crippen molar-refractivity contribution < 1.29 is 0 Å². The third-order valence-electron chi connectivity index (χ3n) is 5.41. The van der Waals surface area contributed by atoms with Crippen molar-refractivity contribution in [3.05, 3.63) is 97.1 Å². The SMILES string of the molecule is Nc1c(N)c2cc(-c3ccccc3)ccc2c2ccc(-c3ccccc3)cc12. The Morgan fingerprint density at radius 2 is 0.750 bits per heavy atom. The largest absolute Gasteiger partial charge is 0.397 e. The highest BCUT2D eigenvalue weighted by atomic mass is 14.7. The number of benzene rings is 5. The summed E-state index contributed by atoms with van der Waals surface area (Å²) < 4.78 is 0. The molecule has 0 saturated carbocycles. The number of fused-ring (bicyclic) bond motifs is 3. The van der Waals surface area contributed by atoms with Gasteiger partial charge in [-0.2, -0.15) is 0 Å². The van der Waals surface area contributed by atoms with Crippen LogP contribution in [0.5, 0.6) is 0 Å². The lowest BCUT2D eigenvalue weighted by Crippen LogP contribution is -1.98. The summed E-state index contributed by atoms with van der Waals surface area (Å²) in [6.45, 7) is 0. The molecule has 0 aliphatic heterocycles. The van der Waals surface area contributed by atoms with Gasteiger partial charge in [0.1, 0.15) is 0 Å². The lowest BCUT2D eigenvalue weighted by Gasteiger charge is -2.14. The van der Waals surface area contributed by atoms with Gasteiger partial charge < -0.3 is 11.5 Å². The Balaban J connectivity index is 1.76. The number of nitrogens with two attached hydrogens (primary N) is 2. The molecule has 134 valence electrons. The topological polar surface area (TPSA) is 52.0 Å². The van der Waals surface area contributed by atoms with E-state index < -0.39 is 0 Å². The lowest BCUT2D eigenvalue weighted by atomic mass is 9.93. The molecule has 0 fully saturated rings. The zero-order valence-electron chi connectivity index (χ0n) is 15.4. The minimum absolute atomic E-state index is 0.644. The van der Waals surface area contributed by atoms with Crippen LogP contribution in [0.25, 0.3) is 43.8 Å². The van der Waals surface area contributed by atoms with Crippen LogP contribution in [-0.4, -0.2) is 0 Å². The molecule has 0 unspecified atom stereocenters. The lowest BCUT2D eigenvalue weighted by molar-refractivity contribution is 1.63. The standard InChI is InChI=1S/C26H20N2/c27-25-23-15-19(17-7-3-1-4-8-17)11-13-21(23)22-14-12-20(16-24(22)26(25)28)18-9-5-2-6-10-18/h1-16H,27-28H2. The summed E-state index contributed by atoms with van der Waals surface area (Å²) >= 11 is 0. The second-order valence-electron chi connectivity index (χ2n) is 7.08. The molecule has 2 nitrogen and oxygen atoms in total. The van der Waals surface area contributed by atoms with Gasteiger partial charge in [-0.25, -0.2) is 0 Å². The molecule has 0 atom stereocenters. The third-order valence-corrected chi connectivity index (χ3v) is 5.41. The Bertz CT molecular complexity index is 1200. The second-order valence-corrected chi connectivity index (χ2v) is 7.08. The van der Waals surface area contributed by atoms with Crippen LogP contribution in [0.15, 0.2) is 97.1 Å². The Kier molecular flexibility index (Phi) is 3.77. The van der Waals surface area contributed by atoms with Gasteiger partial charge in [-0.05, 0) is 45.2 Å². The fourth-order valence-corrected chi connectivity index (χ4v) is 3.91. The van der Waals surface area contributed by atoms with E-state index in [1.165, 1.54) is 11.1 Å². The van der Waals surface area contributed by atoms with Crippen LogP contribution >= 0.6 is 0 Å². The fraction of sp³-hybridized carbons (Fsp3) is 0. The highest BCUT2D eigenvalue weighted by Crippen LogP contribution is 2.40. The zero-order valence-corrected chi connectivity index (χ0v) is 15.4. The van der Waals surface area contributed by atoms with Crippen molar-refractivity contribution in [2.45, 2.75) is 0 Å². The first kappa shape index (κ1) is 16.4. The van der Waals surface area contributed by atoms with E-state index in [1.54, 1.807) is 0 Å². The first-order valence-corrected chi connectivity index (χ1v) is 9.37. The van der Waals surface area contributed by atoms with E-state index in [0.29, 0.717) is 11.4 Å². The first-order valence-electron chi connectivity index (χ1n) is 9.37. The van der Waals surface area contributed by atoms with Gasteiger partial charge in [-0.3, -0.25) is 0 Å².